The van der Waals surface area contributed by atoms with E-state index in [1.54, 1.807) is 0 Å². The smallest absolute Gasteiger partial charge is 0.223 e. The van der Waals surface area contributed by atoms with Crippen LogP contribution < -0.4 is 0 Å². The number of carbonyl (C=O) groups excluding carboxylic acids is 1. The van der Waals surface area contributed by atoms with Crippen molar-refractivity contribution in [1.29, 1.82) is 0 Å². The van der Waals surface area contributed by atoms with Crippen LogP contribution in [0.4, 0.5) is 0 Å². The van der Waals surface area contributed by atoms with Crippen molar-refractivity contribution in [3.05, 3.63) is 35.0 Å². The molecule has 0 aliphatic carbocycles. The Morgan fingerprint density at radius 2 is 2.24 bits per heavy atom. The number of nitrogens with zero attached hydrogens (tertiary/aromatic N) is 2. The summed E-state index contributed by atoms with van der Waals surface area (Å²) in [5, 5.41) is 2.14. The normalized spacial score (nSPS) is 27.2. The Morgan fingerprint density at radius 3 is 3.00 bits per heavy atom. The van der Waals surface area contributed by atoms with Crippen LogP contribution in [0.1, 0.15) is 37.0 Å². The topological polar surface area (TPSA) is 23.6 Å². The van der Waals surface area contributed by atoms with Crippen LogP contribution in [0, 0.1) is 0 Å². The summed E-state index contributed by atoms with van der Waals surface area (Å²) in [6.45, 7) is 7.73. The van der Waals surface area contributed by atoms with E-state index in [2.05, 4.69) is 33.9 Å². The number of hydrogen-bond donors (Lipinski definition) is 0. The lowest BCUT2D eigenvalue weighted by molar-refractivity contribution is -0.144. The van der Waals surface area contributed by atoms with Crippen LogP contribution in [0.3, 0.4) is 0 Å². The molecule has 1 aromatic heterocycles. The molecule has 0 N–H and O–H groups in total. The summed E-state index contributed by atoms with van der Waals surface area (Å²) in [7, 11) is 0. The fourth-order valence-electron chi connectivity index (χ4n) is 3.92. The minimum absolute atomic E-state index is 0.0546. The predicted octanol–water partition coefficient (Wildman–Crippen LogP) is 3.28. The molecule has 1 amide bonds. The van der Waals surface area contributed by atoms with E-state index in [1.807, 2.05) is 17.4 Å². The van der Waals surface area contributed by atoms with Crippen LogP contribution in [0.25, 0.3) is 0 Å². The van der Waals surface area contributed by atoms with Crippen LogP contribution in [-0.4, -0.2) is 40.9 Å². The molecular formula is C17H24N2OS. The predicted molar refractivity (Wildman–Crippen MR) is 87.3 cm³/mol. The fraction of sp³-hybridized carbons (Fsp3) is 0.588. The van der Waals surface area contributed by atoms with Gasteiger partial charge in [-0.2, -0.15) is 0 Å². The maximum Gasteiger partial charge on any atom is 0.223 e. The zero-order valence-electron chi connectivity index (χ0n) is 12.6. The van der Waals surface area contributed by atoms with Gasteiger partial charge in [0.05, 0.1) is 5.54 Å². The molecule has 0 saturated carbocycles. The van der Waals surface area contributed by atoms with Gasteiger partial charge in [-0.1, -0.05) is 12.1 Å². The maximum atomic E-state index is 12.3. The molecule has 2 saturated heterocycles. The monoisotopic (exact) mass is 304 g/mol. The van der Waals surface area contributed by atoms with Gasteiger partial charge in [-0.15, -0.1) is 17.9 Å². The first-order valence-corrected chi connectivity index (χ1v) is 8.78. The van der Waals surface area contributed by atoms with E-state index in [4.69, 9.17) is 0 Å². The first-order valence-electron chi connectivity index (χ1n) is 7.90. The molecular weight excluding hydrogens is 280 g/mol. The molecule has 1 spiro atoms. The van der Waals surface area contributed by atoms with Gasteiger partial charge < -0.3 is 4.90 Å². The molecule has 3 rings (SSSR count). The molecule has 1 aromatic rings. The summed E-state index contributed by atoms with van der Waals surface area (Å²) in [5.41, 5.74) is 0.0546. The number of rotatable bonds is 4. The highest BCUT2D eigenvalue weighted by Gasteiger charge is 2.44. The number of hydrogen-bond acceptors (Lipinski definition) is 3. The minimum atomic E-state index is 0.0546. The van der Waals surface area contributed by atoms with Crippen molar-refractivity contribution in [2.45, 2.75) is 44.2 Å². The first-order chi connectivity index (χ1) is 10.2. The second kappa shape index (κ2) is 6.32. The summed E-state index contributed by atoms with van der Waals surface area (Å²) in [6, 6.07) is 4.33. The highest BCUT2D eigenvalue weighted by Crippen LogP contribution is 2.37. The lowest BCUT2D eigenvalue weighted by atomic mass is 9.79. The summed E-state index contributed by atoms with van der Waals surface area (Å²) in [6.07, 6.45) is 7.11. The van der Waals surface area contributed by atoms with Gasteiger partial charge in [-0.3, -0.25) is 9.69 Å². The first kappa shape index (κ1) is 14.8. The average Bonchev–Trinajstić information content (AvgIpc) is 2.96. The van der Waals surface area contributed by atoms with E-state index in [0.717, 1.165) is 38.9 Å². The number of piperidine rings is 2. The van der Waals surface area contributed by atoms with Crippen molar-refractivity contribution in [1.82, 2.24) is 9.80 Å². The number of carbonyl (C=O) groups is 1. The Morgan fingerprint density at radius 1 is 1.38 bits per heavy atom. The van der Waals surface area contributed by atoms with Gasteiger partial charge in [0.25, 0.3) is 0 Å². The third-order valence-electron chi connectivity index (χ3n) is 4.81. The minimum Gasteiger partial charge on any atom is -0.332 e. The molecule has 0 aromatic carbocycles. The van der Waals surface area contributed by atoms with E-state index in [0.29, 0.717) is 18.9 Å². The molecule has 0 radical (unpaired) electrons. The van der Waals surface area contributed by atoms with Crippen LogP contribution in [0.5, 0.6) is 0 Å². The Labute approximate surface area is 131 Å². The molecule has 0 bridgehead atoms. The number of amides is 1. The van der Waals surface area contributed by atoms with Crippen molar-refractivity contribution in [2.75, 3.05) is 19.6 Å². The second-order valence-electron chi connectivity index (χ2n) is 6.26. The molecule has 21 heavy (non-hydrogen) atoms. The SMILES string of the molecule is C=CCN1C(=O)CCCC12CCCN(Cc1cccs1)C2. The third-order valence-corrected chi connectivity index (χ3v) is 5.67. The summed E-state index contributed by atoms with van der Waals surface area (Å²) in [5.74, 6) is 0.319. The van der Waals surface area contributed by atoms with Gasteiger partial charge >= 0.3 is 0 Å². The quantitative estimate of drug-likeness (QED) is 0.797. The van der Waals surface area contributed by atoms with Crippen molar-refractivity contribution in [3.63, 3.8) is 0 Å². The maximum absolute atomic E-state index is 12.3. The molecule has 3 nitrogen and oxygen atoms in total. The Balaban J connectivity index is 1.75. The third kappa shape index (κ3) is 3.06. The van der Waals surface area contributed by atoms with Crippen LogP contribution >= 0.6 is 11.3 Å². The zero-order chi connectivity index (χ0) is 14.7. The Kier molecular flexibility index (Phi) is 4.45. The van der Waals surface area contributed by atoms with Gasteiger partial charge in [0.1, 0.15) is 0 Å². The lowest BCUT2D eigenvalue weighted by Crippen LogP contribution is -2.62. The molecule has 1 unspecified atom stereocenters. The summed E-state index contributed by atoms with van der Waals surface area (Å²) >= 11 is 1.82. The summed E-state index contributed by atoms with van der Waals surface area (Å²) < 4.78 is 0. The molecule has 2 aliphatic rings. The van der Waals surface area contributed by atoms with E-state index >= 15 is 0 Å². The molecule has 2 aliphatic heterocycles. The highest BCUT2D eigenvalue weighted by atomic mass is 32.1. The largest absolute Gasteiger partial charge is 0.332 e. The van der Waals surface area contributed by atoms with Crippen LogP contribution in [0.15, 0.2) is 30.2 Å². The van der Waals surface area contributed by atoms with Crippen molar-refractivity contribution < 1.29 is 4.79 Å². The molecule has 2 fully saturated rings. The van der Waals surface area contributed by atoms with Crippen LogP contribution in [-0.2, 0) is 11.3 Å². The number of likely N-dealkylation sites (tertiary alicyclic amines) is 2. The van der Waals surface area contributed by atoms with Gasteiger partial charge in [-0.25, -0.2) is 0 Å². The standard InChI is InChI=1S/C17H24N2OS/c1-2-10-19-16(20)7-3-8-17(19)9-5-11-18(14-17)13-15-6-4-12-21-15/h2,4,6,12H,1,3,5,7-11,13-14H2. The van der Waals surface area contributed by atoms with Crippen LogP contribution in [0.2, 0.25) is 0 Å². The average molecular weight is 304 g/mol. The Hall–Kier alpha value is -1.13. The van der Waals surface area contributed by atoms with E-state index in [1.165, 1.54) is 11.3 Å². The fourth-order valence-corrected chi connectivity index (χ4v) is 4.66. The van der Waals surface area contributed by atoms with Crippen molar-refractivity contribution in [3.8, 4) is 0 Å². The highest BCUT2D eigenvalue weighted by molar-refractivity contribution is 7.09. The zero-order valence-corrected chi connectivity index (χ0v) is 13.4. The molecule has 3 heterocycles. The van der Waals surface area contributed by atoms with Gasteiger partial charge in [-0.05, 0) is 43.7 Å². The second-order valence-corrected chi connectivity index (χ2v) is 7.30. The van der Waals surface area contributed by atoms with E-state index in [-0.39, 0.29) is 5.54 Å². The van der Waals surface area contributed by atoms with Gasteiger partial charge in [0.2, 0.25) is 5.91 Å². The van der Waals surface area contributed by atoms with Crippen molar-refractivity contribution >= 4 is 17.2 Å². The molecule has 4 heteroatoms. The van der Waals surface area contributed by atoms with Crippen molar-refractivity contribution in [2.24, 2.45) is 0 Å². The van der Waals surface area contributed by atoms with Gasteiger partial charge in [0.15, 0.2) is 0 Å². The summed E-state index contributed by atoms with van der Waals surface area (Å²) in [4.78, 5) is 18.4. The van der Waals surface area contributed by atoms with Gasteiger partial charge in [0, 0.05) is 30.9 Å². The van der Waals surface area contributed by atoms with E-state index in [9.17, 15) is 4.79 Å². The molecule has 1 atom stereocenters. The Bertz CT molecular complexity index is 495. The number of thiophene rings is 1. The van der Waals surface area contributed by atoms with E-state index < -0.39 is 0 Å². The molecule has 114 valence electrons. The lowest BCUT2D eigenvalue weighted by Gasteiger charge is -2.52.